The van der Waals surface area contributed by atoms with Crippen LogP contribution in [0.15, 0.2) is 35.3 Å². The summed E-state index contributed by atoms with van der Waals surface area (Å²) in [5.74, 6) is 0.553. The summed E-state index contributed by atoms with van der Waals surface area (Å²) in [6.07, 6.45) is 1.31. The van der Waals surface area contributed by atoms with Crippen molar-refractivity contribution in [2.45, 2.75) is 6.54 Å². The Morgan fingerprint density at radius 2 is 2.20 bits per heavy atom. The summed E-state index contributed by atoms with van der Waals surface area (Å²) in [6.45, 7) is 0.451. The van der Waals surface area contributed by atoms with Crippen LogP contribution in [0, 0.1) is 11.3 Å². The topological polar surface area (TPSA) is 67.9 Å². The number of benzene rings is 1. The van der Waals surface area contributed by atoms with E-state index in [0.717, 1.165) is 0 Å². The van der Waals surface area contributed by atoms with Crippen LogP contribution >= 0.6 is 23.2 Å². The zero-order chi connectivity index (χ0) is 14.5. The lowest BCUT2D eigenvalue weighted by Crippen LogP contribution is -2.25. The largest absolute Gasteiger partial charge is 0.492 e. The number of ether oxygens (including phenoxy) is 1. The molecule has 2 aromatic rings. The van der Waals surface area contributed by atoms with Gasteiger partial charge in [0.15, 0.2) is 0 Å². The number of rotatable bonds is 4. The van der Waals surface area contributed by atoms with Crippen LogP contribution in [0.1, 0.15) is 5.56 Å². The van der Waals surface area contributed by atoms with Crippen molar-refractivity contribution >= 4 is 23.2 Å². The fourth-order valence-corrected chi connectivity index (χ4v) is 1.78. The molecule has 0 radical (unpaired) electrons. The number of nitriles is 1. The number of nitrogens with zero attached hydrogens (tertiary/aromatic N) is 3. The standard InChI is InChI=1S/C13H9Cl2N3O2/c14-11-8-17-18(13(19)12(11)15)4-5-20-10-3-1-2-9(6-10)7-16/h1-3,6,8H,4-5H2. The Balaban J connectivity index is 2.02. The highest BCUT2D eigenvalue weighted by Crippen LogP contribution is 2.15. The summed E-state index contributed by atoms with van der Waals surface area (Å²) >= 11 is 11.4. The predicted molar refractivity (Wildman–Crippen MR) is 75.2 cm³/mol. The molecule has 20 heavy (non-hydrogen) atoms. The maximum absolute atomic E-state index is 11.7. The second-order valence-corrected chi connectivity index (χ2v) is 4.61. The van der Waals surface area contributed by atoms with E-state index in [0.29, 0.717) is 11.3 Å². The van der Waals surface area contributed by atoms with Gasteiger partial charge in [-0.25, -0.2) is 4.68 Å². The summed E-state index contributed by atoms with van der Waals surface area (Å²) in [6, 6.07) is 8.76. The van der Waals surface area contributed by atoms with Gasteiger partial charge in [-0.15, -0.1) is 0 Å². The van der Waals surface area contributed by atoms with Gasteiger partial charge >= 0.3 is 0 Å². The maximum Gasteiger partial charge on any atom is 0.287 e. The molecule has 7 heteroatoms. The molecule has 5 nitrogen and oxygen atoms in total. The van der Waals surface area contributed by atoms with Crippen LogP contribution in [0.3, 0.4) is 0 Å². The first-order valence-electron chi connectivity index (χ1n) is 5.66. The van der Waals surface area contributed by atoms with Gasteiger partial charge in [0, 0.05) is 0 Å². The molecule has 0 N–H and O–H groups in total. The first-order valence-corrected chi connectivity index (χ1v) is 6.41. The van der Waals surface area contributed by atoms with Gasteiger partial charge < -0.3 is 4.74 Å². The van der Waals surface area contributed by atoms with E-state index in [1.54, 1.807) is 24.3 Å². The molecule has 0 amide bonds. The number of halogens is 2. The average Bonchev–Trinajstić information content (AvgIpc) is 2.47. The summed E-state index contributed by atoms with van der Waals surface area (Å²) < 4.78 is 6.62. The van der Waals surface area contributed by atoms with Crippen molar-refractivity contribution in [3.05, 3.63) is 56.4 Å². The van der Waals surface area contributed by atoms with Gasteiger partial charge in [0.25, 0.3) is 5.56 Å². The molecular weight excluding hydrogens is 301 g/mol. The van der Waals surface area contributed by atoms with E-state index in [2.05, 4.69) is 5.10 Å². The SMILES string of the molecule is N#Cc1cccc(OCCn2ncc(Cl)c(Cl)c2=O)c1. The highest BCUT2D eigenvalue weighted by molar-refractivity contribution is 6.41. The summed E-state index contributed by atoms with van der Waals surface area (Å²) in [5.41, 5.74) is 0.0425. The lowest BCUT2D eigenvalue weighted by molar-refractivity contribution is 0.288. The van der Waals surface area contributed by atoms with E-state index >= 15 is 0 Å². The van der Waals surface area contributed by atoms with Gasteiger partial charge in [0.05, 0.1) is 29.4 Å². The summed E-state index contributed by atoms with van der Waals surface area (Å²) in [7, 11) is 0. The van der Waals surface area contributed by atoms with Gasteiger partial charge in [-0.2, -0.15) is 10.4 Å². The van der Waals surface area contributed by atoms with Crippen molar-refractivity contribution in [3.8, 4) is 11.8 Å². The lowest BCUT2D eigenvalue weighted by atomic mass is 10.2. The summed E-state index contributed by atoms with van der Waals surface area (Å²) in [5, 5.41) is 12.7. The molecule has 0 atom stereocenters. The molecule has 0 saturated carbocycles. The first kappa shape index (κ1) is 14.4. The van der Waals surface area contributed by atoms with E-state index in [9.17, 15) is 4.79 Å². The Bertz CT molecular complexity index is 722. The molecule has 0 aliphatic carbocycles. The van der Waals surface area contributed by atoms with Crippen molar-refractivity contribution in [1.82, 2.24) is 9.78 Å². The van der Waals surface area contributed by atoms with Crippen LogP contribution in [0.2, 0.25) is 10.0 Å². The Morgan fingerprint density at radius 3 is 2.95 bits per heavy atom. The number of aromatic nitrogens is 2. The normalized spacial score (nSPS) is 10.1. The zero-order valence-corrected chi connectivity index (χ0v) is 11.7. The predicted octanol–water partition coefficient (Wildman–Crippen LogP) is 2.50. The molecule has 0 spiro atoms. The van der Waals surface area contributed by atoms with Crippen molar-refractivity contribution in [2.75, 3.05) is 6.61 Å². The highest BCUT2D eigenvalue weighted by atomic mass is 35.5. The van der Waals surface area contributed by atoms with Crippen LogP contribution in [0.4, 0.5) is 0 Å². The van der Waals surface area contributed by atoms with Crippen molar-refractivity contribution in [3.63, 3.8) is 0 Å². The molecule has 1 aromatic heterocycles. The molecule has 0 fully saturated rings. The van der Waals surface area contributed by atoms with Crippen LogP contribution < -0.4 is 10.3 Å². The molecule has 0 bridgehead atoms. The fraction of sp³-hybridized carbons (Fsp3) is 0.154. The van der Waals surface area contributed by atoms with Crippen molar-refractivity contribution < 1.29 is 4.74 Å². The van der Waals surface area contributed by atoms with Gasteiger partial charge in [-0.05, 0) is 18.2 Å². The Kier molecular flexibility index (Phi) is 4.61. The molecule has 0 unspecified atom stereocenters. The second kappa shape index (κ2) is 6.42. The van der Waals surface area contributed by atoms with E-state index in [-0.39, 0.29) is 23.2 Å². The Hall–Kier alpha value is -2.03. The van der Waals surface area contributed by atoms with Crippen LogP contribution in [0.25, 0.3) is 0 Å². The third-order valence-corrected chi connectivity index (χ3v) is 3.23. The molecular formula is C13H9Cl2N3O2. The molecule has 0 aliphatic rings. The molecule has 2 rings (SSSR count). The van der Waals surface area contributed by atoms with E-state index in [4.69, 9.17) is 33.2 Å². The minimum atomic E-state index is -0.464. The zero-order valence-electron chi connectivity index (χ0n) is 10.2. The minimum absolute atomic E-state index is 0.0619. The molecule has 0 saturated heterocycles. The minimum Gasteiger partial charge on any atom is -0.492 e. The second-order valence-electron chi connectivity index (χ2n) is 3.82. The van der Waals surface area contributed by atoms with E-state index in [1.807, 2.05) is 6.07 Å². The first-order chi connectivity index (χ1) is 9.61. The average molecular weight is 310 g/mol. The van der Waals surface area contributed by atoms with Gasteiger partial charge in [0.2, 0.25) is 0 Å². The van der Waals surface area contributed by atoms with E-state index < -0.39 is 5.56 Å². The van der Waals surface area contributed by atoms with Crippen molar-refractivity contribution in [2.24, 2.45) is 0 Å². The van der Waals surface area contributed by atoms with Gasteiger partial charge in [0.1, 0.15) is 17.4 Å². The van der Waals surface area contributed by atoms with Crippen molar-refractivity contribution in [1.29, 1.82) is 5.26 Å². The monoisotopic (exact) mass is 309 g/mol. The number of hydrogen-bond acceptors (Lipinski definition) is 4. The smallest absolute Gasteiger partial charge is 0.287 e. The van der Waals surface area contributed by atoms with Crippen LogP contribution in [-0.4, -0.2) is 16.4 Å². The Morgan fingerprint density at radius 1 is 1.40 bits per heavy atom. The Labute approximate surface area is 124 Å². The third-order valence-electron chi connectivity index (χ3n) is 2.48. The van der Waals surface area contributed by atoms with Crippen LogP contribution in [-0.2, 0) is 6.54 Å². The number of hydrogen-bond donors (Lipinski definition) is 0. The molecule has 1 aromatic carbocycles. The van der Waals surface area contributed by atoms with Gasteiger partial charge in [-0.1, -0.05) is 29.3 Å². The summed E-state index contributed by atoms with van der Waals surface area (Å²) in [4.78, 5) is 11.7. The van der Waals surface area contributed by atoms with E-state index in [1.165, 1.54) is 10.9 Å². The highest BCUT2D eigenvalue weighted by Gasteiger charge is 2.07. The van der Waals surface area contributed by atoms with Crippen LogP contribution in [0.5, 0.6) is 5.75 Å². The molecule has 0 aliphatic heterocycles. The maximum atomic E-state index is 11.7. The quantitative estimate of drug-likeness (QED) is 0.870. The fourth-order valence-electron chi connectivity index (χ4n) is 1.51. The third kappa shape index (κ3) is 3.29. The molecule has 102 valence electrons. The van der Waals surface area contributed by atoms with Gasteiger partial charge in [-0.3, -0.25) is 4.79 Å². The molecule has 1 heterocycles. The lowest BCUT2D eigenvalue weighted by Gasteiger charge is -2.08.